The van der Waals surface area contributed by atoms with Crippen LogP contribution in [0.4, 0.5) is 4.79 Å². The lowest BCUT2D eigenvalue weighted by atomic mass is 10.2. The normalized spacial score (nSPS) is 19.5. The van der Waals surface area contributed by atoms with E-state index in [1.165, 1.54) is 11.3 Å². The molecule has 3 rings (SSSR count). The fraction of sp³-hybridized carbons (Fsp3) is 0.0909. The van der Waals surface area contributed by atoms with Crippen molar-refractivity contribution < 1.29 is 9.59 Å². The molecule has 0 bridgehead atoms. The maximum absolute atomic E-state index is 11.5. The van der Waals surface area contributed by atoms with Gasteiger partial charge in [0.1, 0.15) is 6.04 Å². The van der Waals surface area contributed by atoms with E-state index in [2.05, 4.69) is 10.6 Å². The van der Waals surface area contributed by atoms with Crippen molar-refractivity contribution >= 4 is 45.0 Å². The molecule has 4 nitrogen and oxygen atoms in total. The Labute approximate surface area is 106 Å². The number of carbonyl (C=O) groups is 2. The third kappa shape index (κ3) is 1.67. The number of imide groups is 1. The summed E-state index contributed by atoms with van der Waals surface area (Å²) in [5.74, 6) is -0.322. The van der Waals surface area contributed by atoms with Gasteiger partial charge in [0.15, 0.2) is 0 Å². The molecule has 86 valence electrons. The molecule has 0 saturated carbocycles. The average Bonchev–Trinajstić information content (AvgIpc) is 2.82. The molecule has 2 aromatic rings. The van der Waals surface area contributed by atoms with Crippen molar-refractivity contribution in [2.45, 2.75) is 6.04 Å². The highest BCUT2D eigenvalue weighted by atomic mass is 35.5. The van der Waals surface area contributed by atoms with Crippen LogP contribution in [-0.4, -0.2) is 11.9 Å². The number of nitrogens with one attached hydrogen (secondary N) is 2. The van der Waals surface area contributed by atoms with E-state index in [-0.39, 0.29) is 5.91 Å². The molecule has 1 saturated heterocycles. The van der Waals surface area contributed by atoms with Gasteiger partial charge in [0.2, 0.25) is 0 Å². The van der Waals surface area contributed by atoms with E-state index in [4.69, 9.17) is 11.6 Å². The second kappa shape index (κ2) is 3.72. The van der Waals surface area contributed by atoms with Gasteiger partial charge in [0, 0.05) is 20.0 Å². The Balaban J connectivity index is 2.10. The van der Waals surface area contributed by atoms with Crippen LogP contribution >= 0.6 is 22.9 Å². The zero-order valence-electron chi connectivity index (χ0n) is 8.49. The molecule has 1 aliphatic rings. The molecular formula is C11H7ClN2O2S. The summed E-state index contributed by atoms with van der Waals surface area (Å²) in [7, 11) is 0. The molecular weight excluding hydrogens is 260 g/mol. The van der Waals surface area contributed by atoms with E-state index in [1.54, 1.807) is 6.07 Å². The molecule has 1 aliphatic heterocycles. The highest BCUT2D eigenvalue weighted by molar-refractivity contribution is 7.19. The first-order valence-electron chi connectivity index (χ1n) is 4.94. The SMILES string of the molecule is O=C1NC(=O)C(c2cc3c(Cl)cccc3s2)N1. The summed E-state index contributed by atoms with van der Waals surface area (Å²) in [5.41, 5.74) is 0. The number of thiophene rings is 1. The first-order valence-corrected chi connectivity index (χ1v) is 6.14. The van der Waals surface area contributed by atoms with Crippen molar-refractivity contribution in [1.82, 2.24) is 10.6 Å². The zero-order chi connectivity index (χ0) is 12.0. The molecule has 3 amide bonds. The number of rotatable bonds is 1. The fourth-order valence-electron chi connectivity index (χ4n) is 1.80. The smallest absolute Gasteiger partial charge is 0.321 e. The summed E-state index contributed by atoms with van der Waals surface area (Å²) >= 11 is 7.52. The van der Waals surface area contributed by atoms with Gasteiger partial charge in [-0.1, -0.05) is 17.7 Å². The maximum Gasteiger partial charge on any atom is 0.322 e. The van der Waals surface area contributed by atoms with Crippen molar-refractivity contribution in [3.63, 3.8) is 0 Å². The quantitative estimate of drug-likeness (QED) is 0.779. The first-order chi connectivity index (χ1) is 8.15. The van der Waals surface area contributed by atoms with Crippen LogP contribution in [0.3, 0.4) is 0 Å². The molecule has 0 spiro atoms. The van der Waals surface area contributed by atoms with Gasteiger partial charge in [-0.05, 0) is 18.2 Å². The van der Waals surface area contributed by atoms with Gasteiger partial charge in [0.25, 0.3) is 5.91 Å². The van der Waals surface area contributed by atoms with E-state index in [0.29, 0.717) is 5.02 Å². The molecule has 1 aromatic heterocycles. The number of urea groups is 1. The summed E-state index contributed by atoms with van der Waals surface area (Å²) in [4.78, 5) is 23.4. The Bertz CT molecular complexity index is 637. The Hall–Kier alpha value is -1.59. The number of benzene rings is 1. The standard InChI is InChI=1S/C11H7ClN2O2S/c12-6-2-1-3-7-5(6)4-8(17-7)9-10(15)14-11(16)13-9/h1-4,9H,(H2,13,14,15,16). The predicted octanol–water partition coefficient (Wildman–Crippen LogP) is 2.44. The minimum absolute atomic E-state index is 0.322. The molecule has 1 aromatic carbocycles. The molecule has 0 aliphatic carbocycles. The van der Waals surface area contributed by atoms with Crippen LogP contribution in [0, 0.1) is 0 Å². The lowest BCUT2D eigenvalue weighted by Gasteiger charge is -2.01. The summed E-state index contributed by atoms with van der Waals surface area (Å²) < 4.78 is 1.00. The van der Waals surface area contributed by atoms with Gasteiger partial charge in [-0.25, -0.2) is 4.79 Å². The molecule has 17 heavy (non-hydrogen) atoms. The van der Waals surface area contributed by atoms with Gasteiger partial charge in [-0.15, -0.1) is 11.3 Å². The van der Waals surface area contributed by atoms with E-state index in [0.717, 1.165) is 15.0 Å². The highest BCUT2D eigenvalue weighted by Gasteiger charge is 2.32. The van der Waals surface area contributed by atoms with E-state index < -0.39 is 12.1 Å². The number of carbonyl (C=O) groups excluding carboxylic acids is 2. The van der Waals surface area contributed by atoms with Gasteiger partial charge in [-0.2, -0.15) is 0 Å². The van der Waals surface area contributed by atoms with Gasteiger partial charge in [0.05, 0.1) is 0 Å². The van der Waals surface area contributed by atoms with Gasteiger partial charge >= 0.3 is 6.03 Å². The van der Waals surface area contributed by atoms with Crippen LogP contribution in [0.1, 0.15) is 10.9 Å². The maximum atomic E-state index is 11.5. The van der Waals surface area contributed by atoms with Crippen molar-refractivity contribution in [3.8, 4) is 0 Å². The predicted molar refractivity (Wildman–Crippen MR) is 66.3 cm³/mol. The van der Waals surface area contributed by atoms with Crippen LogP contribution in [0.5, 0.6) is 0 Å². The number of halogens is 1. The number of hydrogen-bond donors (Lipinski definition) is 2. The minimum atomic E-state index is -0.601. The topological polar surface area (TPSA) is 58.2 Å². The Morgan fingerprint density at radius 1 is 1.29 bits per heavy atom. The second-order valence-corrected chi connectivity index (χ2v) is 5.22. The summed E-state index contributed by atoms with van der Waals surface area (Å²) in [5, 5.41) is 6.33. The molecule has 0 radical (unpaired) electrons. The largest absolute Gasteiger partial charge is 0.322 e. The Morgan fingerprint density at radius 3 is 2.76 bits per heavy atom. The molecule has 1 atom stereocenters. The second-order valence-electron chi connectivity index (χ2n) is 3.70. The summed E-state index contributed by atoms with van der Waals surface area (Å²) in [6.45, 7) is 0. The van der Waals surface area contributed by atoms with Gasteiger partial charge in [-0.3, -0.25) is 10.1 Å². The van der Waals surface area contributed by atoms with Crippen LogP contribution in [-0.2, 0) is 4.79 Å². The molecule has 1 unspecified atom stereocenters. The van der Waals surface area contributed by atoms with Crippen LogP contribution in [0.2, 0.25) is 5.02 Å². The first kappa shape index (κ1) is 10.6. The number of amides is 3. The van der Waals surface area contributed by atoms with E-state index in [9.17, 15) is 9.59 Å². The van der Waals surface area contributed by atoms with E-state index >= 15 is 0 Å². The average molecular weight is 267 g/mol. The summed E-state index contributed by atoms with van der Waals surface area (Å²) in [6.07, 6.45) is 0. The van der Waals surface area contributed by atoms with Crippen molar-refractivity contribution in [2.24, 2.45) is 0 Å². The number of fused-ring (bicyclic) bond motifs is 1. The van der Waals surface area contributed by atoms with Crippen molar-refractivity contribution in [1.29, 1.82) is 0 Å². The Kier molecular flexibility index (Phi) is 2.31. The zero-order valence-corrected chi connectivity index (χ0v) is 10.1. The molecule has 2 N–H and O–H groups in total. The number of hydrogen-bond acceptors (Lipinski definition) is 3. The monoisotopic (exact) mass is 266 g/mol. The van der Waals surface area contributed by atoms with Crippen LogP contribution in [0.15, 0.2) is 24.3 Å². The van der Waals surface area contributed by atoms with Crippen LogP contribution < -0.4 is 10.6 Å². The fourth-order valence-corrected chi connectivity index (χ4v) is 3.23. The highest BCUT2D eigenvalue weighted by Crippen LogP contribution is 2.34. The molecule has 1 fully saturated rings. The van der Waals surface area contributed by atoms with Crippen molar-refractivity contribution in [2.75, 3.05) is 0 Å². The third-order valence-electron chi connectivity index (χ3n) is 2.59. The van der Waals surface area contributed by atoms with Crippen molar-refractivity contribution in [3.05, 3.63) is 34.2 Å². The van der Waals surface area contributed by atoms with Gasteiger partial charge < -0.3 is 5.32 Å². The van der Waals surface area contributed by atoms with E-state index in [1.807, 2.05) is 18.2 Å². The lowest BCUT2D eigenvalue weighted by molar-refractivity contribution is -0.120. The Morgan fingerprint density at radius 2 is 2.12 bits per heavy atom. The third-order valence-corrected chi connectivity index (χ3v) is 4.08. The lowest BCUT2D eigenvalue weighted by Crippen LogP contribution is -2.22. The summed E-state index contributed by atoms with van der Waals surface area (Å²) in [6, 6.07) is 6.38. The molecule has 2 heterocycles. The molecule has 6 heteroatoms. The van der Waals surface area contributed by atoms with Crippen LogP contribution in [0.25, 0.3) is 10.1 Å². The minimum Gasteiger partial charge on any atom is -0.321 e.